The quantitative estimate of drug-likeness (QED) is 0.325. The third-order valence-electron chi connectivity index (χ3n) is 0.703. The van der Waals surface area contributed by atoms with Gasteiger partial charge in [-0.3, -0.25) is 0 Å². The summed E-state index contributed by atoms with van der Waals surface area (Å²) in [4.78, 5) is 24.6. The van der Waals surface area contributed by atoms with Crippen LogP contribution < -0.4 is 0 Å². The summed E-state index contributed by atoms with van der Waals surface area (Å²) < 4.78 is 0. The second kappa shape index (κ2) is 4.84. The van der Waals surface area contributed by atoms with Crippen molar-refractivity contribution < 1.29 is 19.5 Å². The Morgan fingerprint density at radius 2 is 2.18 bits per heavy atom. The van der Waals surface area contributed by atoms with Crippen LogP contribution in [0.5, 0.6) is 0 Å². The van der Waals surface area contributed by atoms with E-state index in [4.69, 9.17) is 5.11 Å². The van der Waals surface area contributed by atoms with Crippen molar-refractivity contribution >= 4 is 33.6 Å². The fourth-order valence-corrected chi connectivity index (χ4v) is 0.285. The molecule has 0 saturated carbocycles. The Morgan fingerprint density at radius 1 is 1.64 bits per heavy atom. The fraction of sp³-hybridized carbons (Fsp3) is 0.400. The predicted octanol–water partition coefficient (Wildman–Crippen LogP) is 0.385. The molecule has 1 N–H and O–H groups in total. The van der Waals surface area contributed by atoms with Crippen LogP contribution in [-0.2, 0) is 14.4 Å². The van der Waals surface area contributed by atoms with E-state index in [-0.39, 0.29) is 11.0 Å². The molecule has 0 fully saturated rings. The molecular formula is C5H6BrNO4. The number of carboxylic acids is 1. The van der Waals surface area contributed by atoms with Gasteiger partial charge in [-0.2, -0.15) is 0 Å². The van der Waals surface area contributed by atoms with Crippen LogP contribution in [0.4, 0.5) is 0 Å². The molecule has 0 spiro atoms. The summed E-state index contributed by atoms with van der Waals surface area (Å²) in [5, 5.41) is 11.3. The Morgan fingerprint density at radius 3 is 2.55 bits per heavy atom. The highest BCUT2D eigenvalue weighted by Gasteiger charge is 2.04. The number of halogens is 1. The van der Waals surface area contributed by atoms with Gasteiger partial charge in [0.2, 0.25) is 0 Å². The van der Waals surface area contributed by atoms with E-state index in [2.05, 4.69) is 25.9 Å². The highest BCUT2D eigenvalue weighted by molar-refractivity contribution is 9.09. The van der Waals surface area contributed by atoms with Crippen molar-refractivity contribution in [3.8, 4) is 0 Å². The molecule has 0 aromatic carbocycles. The predicted molar refractivity (Wildman–Crippen MR) is 40.6 cm³/mol. The van der Waals surface area contributed by atoms with E-state index < -0.39 is 11.9 Å². The van der Waals surface area contributed by atoms with Crippen molar-refractivity contribution in [3.05, 3.63) is 0 Å². The van der Waals surface area contributed by atoms with Crippen molar-refractivity contribution in [1.82, 2.24) is 0 Å². The molecule has 6 heteroatoms. The van der Waals surface area contributed by atoms with Gasteiger partial charge < -0.3 is 9.94 Å². The second-order valence-corrected chi connectivity index (χ2v) is 2.14. The number of hydrogen-bond donors (Lipinski definition) is 1. The smallest absolute Gasteiger partial charge is 0.353 e. The molecule has 0 amide bonds. The second-order valence-electron chi connectivity index (χ2n) is 1.58. The highest BCUT2D eigenvalue weighted by Crippen LogP contribution is 1.87. The van der Waals surface area contributed by atoms with E-state index in [1.54, 1.807) is 0 Å². The molecular weight excluding hydrogens is 218 g/mol. The first-order valence-corrected chi connectivity index (χ1v) is 3.73. The van der Waals surface area contributed by atoms with Crippen LogP contribution in [0.25, 0.3) is 0 Å². The fourth-order valence-electron chi connectivity index (χ4n) is 0.183. The van der Waals surface area contributed by atoms with Crippen LogP contribution in [-0.4, -0.2) is 28.1 Å². The van der Waals surface area contributed by atoms with Gasteiger partial charge >= 0.3 is 11.9 Å². The van der Waals surface area contributed by atoms with Gasteiger partial charge in [0, 0.05) is 0 Å². The minimum Gasteiger partial charge on any atom is -0.477 e. The topological polar surface area (TPSA) is 76.0 Å². The summed E-state index contributed by atoms with van der Waals surface area (Å²) in [5.74, 6) is -1.85. The van der Waals surface area contributed by atoms with Crippen LogP contribution in [0.2, 0.25) is 0 Å². The van der Waals surface area contributed by atoms with Gasteiger partial charge in [0.1, 0.15) is 5.33 Å². The SMILES string of the molecule is C/C(=N\OC(=O)CBr)C(=O)O. The summed E-state index contributed by atoms with van der Waals surface area (Å²) in [5.41, 5.74) is -0.265. The van der Waals surface area contributed by atoms with Crippen LogP contribution in [0, 0.1) is 0 Å². The van der Waals surface area contributed by atoms with E-state index in [0.717, 1.165) is 0 Å². The lowest BCUT2D eigenvalue weighted by atomic mass is 10.4. The number of carboxylic acid groups (broad SMARTS) is 1. The average molecular weight is 224 g/mol. The summed E-state index contributed by atoms with van der Waals surface area (Å²) in [7, 11) is 0. The molecule has 0 aliphatic heterocycles. The normalized spacial score (nSPS) is 10.9. The van der Waals surface area contributed by atoms with Gasteiger partial charge in [0.25, 0.3) is 0 Å². The van der Waals surface area contributed by atoms with E-state index in [1.165, 1.54) is 6.92 Å². The lowest BCUT2D eigenvalue weighted by molar-refractivity contribution is -0.140. The maximum absolute atomic E-state index is 10.4. The van der Waals surface area contributed by atoms with E-state index in [1.807, 2.05) is 0 Å². The minimum atomic E-state index is -1.22. The standard InChI is InChI=1S/C5H6BrNO4/c1-3(5(9)10)7-11-4(8)2-6/h2H2,1H3,(H,9,10)/b7-3+. The van der Waals surface area contributed by atoms with E-state index in [0.29, 0.717) is 0 Å². The Hall–Kier alpha value is -0.910. The zero-order valence-corrected chi connectivity index (χ0v) is 7.29. The Kier molecular flexibility index (Phi) is 4.44. The number of hydrogen-bond acceptors (Lipinski definition) is 4. The summed E-state index contributed by atoms with van der Waals surface area (Å²) in [6.45, 7) is 1.23. The van der Waals surface area contributed by atoms with Gasteiger partial charge in [-0.25, -0.2) is 9.59 Å². The molecule has 0 saturated heterocycles. The molecule has 0 bridgehead atoms. The zero-order chi connectivity index (χ0) is 8.85. The number of alkyl halides is 1. The van der Waals surface area contributed by atoms with Gasteiger partial charge in [0.05, 0.1) is 0 Å². The lowest BCUT2D eigenvalue weighted by Gasteiger charge is -1.92. The molecule has 62 valence electrons. The first-order valence-electron chi connectivity index (χ1n) is 2.61. The lowest BCUT2D eigenvalue weighted by Crippen LogP contribution is -2.10. The van der Waals surface area contributed by atoms with E-state index >= 15 is 0 Å². The third kappa shape index (κ3) is 4.49. The largest absolute Gasteiger partial charge is 0.477 e. The number of carbonyl (C=O) groups is 2. The summed E-state index contributed by atoms with van der Waals surface area (Å²) in [6.07, 6.45) is 0. The monoisotopic (exact) mass is 223 g/mol. The maximum atomic E-state index is 10.4. The molecule has 11 heavy (non-hydrogen) atoms. The van der Waals surface area contributed by atoms with Gasteiger partial charge in [-0.1, -0.05) is 21.1 Å². The van der Waals surface area contributed by atoms with Crippen molar-refractivity contribution in [3.63, 3.8) is 0 Å². The number of carbonyl (C=O) groups excluding carboxylic acids is 1. The van der Waals surface area contributed by atoms with Crippen molar-refractivity contribution in [1.29, 1.82) is 0 Å². The molecule has 0 radical (unpaired) electrons. The Balaban J connectivity index is 3.92. The van der Waals surface area contributed by atoms with E-state index in [9.17, 15) is 9.59 Å². The first kappa shape index (κ1) is 10.1. The Bertz CT molecular complexity index is 201. The summed E-state index contributed by atoms with van der Waals surface area (Å²) >= 11 is 2.81. The minimum absolute atomic E-state index is 0.0105. The highest BCUT2D eigenvalue weighted by atomic mass is 79.9. The number of rotatable bonds is 3. The molecule has 0 unspecified atom stereocenters. The number of nitrogens with zero attached hydrogens (tertiary/aromatic N) is 1. The van der Waals surface area contributed by atoms with Gasteiger partial charge in [0.15, 0.2) is 5.71 Å². The Labute approximate surface area is 71.1 Å². The molecule has 5 nitrogen and oxygen atoms in total. The number of oxime groups is 1. The van der Waals surface area contributed by atoms with Gasteiger partial charge in [-0.15, -0.1) is 0 Å². The summed E-state index contributed by atoms with van der Waals surface area (Å²) in [6, 6.07) is 0. The van der Waals surface area contributed by atoms with Crippen LogP contribution in [0.15, 0.2) is 5.16 Å². The molecule has 0 aliphatic rings. The van der Waals surface area contributed by atoms with Crippen LogP contribution >= 0.6 is 15.9 Å². The number of aliphatic carboxylic acids is 1. The van der Waals surface area contributed by atoms with Crippen LogP contribution in [0.3, 0.4) is 0 Å². The van der Waals surface area contributed by atoms with Crippen LogP contribution in [0.1, 0.15) is 6.92 Å². The zero-order valence-electron chi connectivity index (χ0n) is 5.70. The van der Waals surface area contributed by atoms with Gasteiger partial charge in [-0.05, 0) is 6.92 Å². The third-order valence-corrected chi connectivity index (χ3v) is 1.16. The van der Waals surface area contributed by atoms with Crippen molar-refractivity contribution in [2.75, 3.05) is 5.33 Å². The molecule has 0 aliphatic carbocycles. The molecule has 0 atom stereocenters. The molecule has 0 aromatic rings. The average Bonchev–Trinajstić information content (AvgIpc) is 1.99. The van der Waals surface area contributed by atoms with Crippen molar-refractivity contribution in [2.24, 2.45) is 5.16 Å². The first-order chi connectivity index (χ1) is 5.07. The van der Waals surface area contributed by atoms with Crippen molar-refractivity contribution in [2.45, 2.75) is 6.92 Å². The maximum Gasteiger partial charge on any atom is 0.353 e. The molecule has 0 rings (SSSR count). The molecule has 0 aromatic heterocycles. The molecule has 0 heterocycles.